The minimum atomic E-state index is 0.143. The Morgan fingerprint density at radius 2 is 1.23 bits per heavy atom. The van der Waals surface area contributed by atoms with Gasteiger partial charge in [-0.15, -0.1) is 0 Å². The molecule has 0 saturated heterocycles. The van der Waals surface area contributed by atoms with Gasteiger partial charge in [0, 0.05) is 11.1 Å². The smallest absolute Gasteiger partial charge is 0.0725 e. The van der Waals surface area contributed by atoms with Gasteiger partial charge in [-0.05, 0) is 55.3 Å². The van der Waals surface area contributed by atoms with E-state index in [0.717, 1.165) is 5.92 Å². The summed E-state index contributed by atoms with van der Waals surface area (Å²) in [6, 6.07) is 21.6. The maximum atomic E-state index is 5.62. The Bertz CT molecular complexity index is 775. The standard InChI is InChI=1S/C25H29N/c1-23-13-19-14-24(2,16-23)18-25(15-19,17-23)26-22(20-9-5-3-6-10-20)21-11-7-4-8-12-21/h3-12,19H,13-18H2,1-2H3/i26+1. The third-order valence-corrected chi connectivity index (χ3v) is 7.04. The minimum Gasteiger partial charge on any atom is -0.277 e. The average molecular weight is 345 g/mol. The maximum absolute atomic E-state index is 5.62. The van der Waals surface area contributed by atoms with Gasteiger partial charge in [0.15, 0.2) is 0 Å². The predicted molar refractivity (Wildman–Crippen MR) is 109 cm³/mol. The van der Waals surface area contributed by atoms with Crippen LogP contribution >= 0.6 is 0 Å². The molecular weight excluding hydrogens is 315 g/mol. The van der Waals surface area contributed by atoms with Crippen LogP contribution in [0.1, 0.15) is 63.5 Å². The lowest BCUT2D eigenvalue weighted by Crippen LogP contribution is -2.57. The Balaban J connectivity index is 1.64. The molecule has 0 radical (unpaired) electrons. The van der Waals surface area contributed by atoms with E-state index in [-0.39, 0.29) is 5.54 Å². The van der Waals surface area contributed by atoms with Gasteiger partial charge in [-0.1, -0.05) is 74.5 Å². The Labute approximate surface area is 157 Å². The van der Waals surface area contributed by atoms with Crippen molar-refractivity contribution < 1.29 is 0 Å². The summed E-state index contributed by atoms with van der Waals surface area (Å²) in [5.74, 6) is 0.873. The molecule has 2 aromatic carbocycles. The lowest BCUT2D eigenvalue weighted by atomic mass is 9.43. The summed E-state index contributed by atoms with van der Waals surface area (Å²) in [5, 5.41) is 0. The number of hydrogen-bond donors (Lipinski definition) is 0. The zero-order valence-electron chi connectivity index (χ0n) is 16.0. The van der Waals surface area contributed by atoms with E-state index in [4.69, 9.17) is 4.99 Å². The molecule has 1 nitrogen and oxygen atoms in total. The fourth-order valence-corrected chi connectivity index (χ4v) is 7.24. The summed E-state index contributed by atoms with van der Waals surface area (Å²) in [5.41, 5.74) is 4.84. The van der Waals surface area contributed by atoms with Crippen molar-refractivity contribution in [2.75, 3.05) is 0 Å². The van der Waals surface area contributed by atoms with Gasteiger partial charge in [-0.25, -0.2) is 0 Å². The van der Waals surface area contributed by atoms with Crippen molar-refractivity contribution in [2.45, 2.75) is 57.9 Å². The van der Waals surface area contributed by atoms with Crippen LogP contribution in [0.25, 0.3) is 0 Å². The van der Waals surface area contributed by atoms with Crippen LogP contribution in [0, 0.1) is 16.7 Å². The Morgan fingerprint density at radius 3 is 1.69 bits per heavy atom. The van der Waals surface area contributed by atoms with Crippen LogP contribution in [-0.2, 0) is 0 Å². The SMILES string of the molecule is CC12CC3CC(C)(C1)CC([15N]=C(c1ccccc1)c1ccccc1)(C3)C2. The second-order valence-corrected chi connectivity index (χ2v) is 10.0. The summed E-state index contributed by atoms with van der Waals surface area (Å²) in [7, 11) is 0. The van der Waals surface area contributed by atoms with Gasteiger partial charge in [-0.3, -0.25) is 4.99 Å². The highest BCUT2D eigenvalue weighted by molar-refractivity contribution is 6.13. The van der Waals surface area contributed by atoms with Crippen LogP contribution in [0.15, 0.2) is 65.7 Å². The third-order valence-electron chi connectivity index (χ3n) is 7.04. The summed E-state index contributed by atoms with van der Waals surface area (Å²) in [6.07, 6.45) is 8.09. The maximum Gasteiger partial charge on any atom is 0.0725 e. The van der Waals surface area contributed by atoms with Gasteiger partial charge >= 0.3 is 0 Å². The summed E-state index contributed by atoms with van der Waals surface area (Å²) >= 11 is 0. The predicted octanol–water partition coefficient (Wildman–Crippen LogP) is 6.27. The van der Waals surface area contributed by atoms with Crippen LogP contribution in [0.2, 0.25) is 0 Å². The molecule has 0 spiro atoms. The molecule has 6 rings (SSSR count). The first-order valence-corrected chi connectivity index (χ1v) is 10.2. The first kappa shape index (κ1) is 16.3. The molecule has 4 aliphatic carbocycles. The Hall–Kier alpha value is -1.89. The molecule has 4 fully saturated rings. The van der Waals surface area contributed by atoms with E-state index in [1.165, 1.54) is 55.4 Å². The highest BCUT2D eigenvalue weighted by Gasteiger charge is 2.60. The van der Waals surface area contributed by atoms with E-state index in [9.17, 15) is 0 Å². The van der Waals surface area contributed by atoms with Gasteiger partial charge in [0.1, 0.15) is 0 Å². The van der Waals surface area contributed by atoms with Gasteiger partial charge in [0.25, 0.3) is 0 Å². The zero-order valence-corrected chi connectivity index (χ0v) is 16.0. The van der Waals surface area contributed by atoms with Gasteiger partial charge in [0.2, 0.25) is 0 Å². The van der Waals surface area contributed by atoms with E-state index in [1.807, 2.05) is 0 Å². The number of hydrogen-bond acceptors (Lipinski definition) is 1. The summed E-state index contributed by atoms with van der Waals surface area (Å²) in [6.45, 7) is 5.06. The number of aliphatic imine (C=N–C) groups is 1. The summed E-state index contributed by atoms with van der Waals surface area (Å²) in [4.78, 5) is 5.62. The van der Waals surface area contributed by atoms with Crippen LogP contribution in [-0.4, -0.2) is 11.3 Å². The van der Waals surface area contributed by atoms with Crippen molar-refractivity contribution in [1.29, 1.82) is 0 Å². The van der Waals surface area contributed by atoms with Crippen molar-refractivity contribution in [3.63, 3.8) is 0 Å². The molecular formula is C25H29N. The molecule has 0 aromatic heterocycles. The van der Waals surface area contributed by atoms with Crippen LogP contribution in [0.3, 0.4) is 0 Å². The molecule has 2 atom stereocenters. The second-order valence-electron chi connectivity index (χ2n) is 10.0. The first-order valence-electron chi connectivity index (χ1n) is 10.2. The van der Waals surface area contributed by atoms with Gasteiger partial charge < -0.3 is 0 Å². The Morgan fingerprint density at radius 1 is 0.731 bits per heavy atom. The fraction of sp³-hybridized carbons (Fsp3) is 0.480. The van der Waals surface area contributed by atoms with E-state index in [0.29, 0.717) is 10.8 Å². The third kappa shape index (κ3) is 2.73. The topological polar surface area (TPSA) is 12.4 Å². The van der Waals surface area contributed by atoms with Gasteiger partial charge in [0.05, 0.1) is 11.3 Å². The molecule has 0 aliphatic heterocycles. The van der Waals surface area contributed by atoms with E-state index in [2.05, 4.69) is 74.5 Å². The molecule has 26 heavy (non-hydrogen) atoms. The van der Waals surface area contributed by atoms with E-state index in [1.54, 1.807) is 0 Å². The molecule has 0 N–H and O–H groups in total. The first-order chi connectivity index (χ1) is 12.5. The van der Waals surface area contributed by atoms with Crippen molar-refractivity contribution >= 4 is 5.71 Å². The minimum absolute atomic E-state index is 0.143. The molecule has 0 heterocycles. The molecule has 4 aliphatic rings. The molecule has 4 bridgehead atoms. The van der Waals surface area contributed by atoms with Crippen molar-refractivity contribution in [1.82, 2.24) is 0 Å². The van der Waals surface area contributed by atoms with Crippen molar-refractivity contribution in [3.8, 4) is 0 Å². The number of nitrogens with zero attached hydrogens (tertiary/aromatic N) is 1. The highest BCUT2D eigenvalue weighted by atomic mass is 15.6. The Kier molecular flexibility index (Phi) is 3.48. The molecule has 2 unspecified atom stereocenters. The van der Waals surface area contributed by atoms with Crippen LogP contribution < -0.4 is 0 Å². The monoisotopic (exact) mass is 344 g/mol. The van der Waals surface area contributed by atoms with Crippen molar-refractivity contribution in [2.24, 2.45) is 21.7 Å². The average Bonchev–Trinajstić information content (AvgIpc) is 2.58. The lowest BCUT2D eigenvalue weighted by molar-refractivity contribution is -0.103. The molecule has 4 saturated carbocycles. The van der Waals surface area contributed by atoms with Gasteiger partial charge in [-0.2, -0.15) is 0 Å². The van der Waals surface area contributed by atoms with E-state index < -0.39 is 0 Å². The van der Waals surface area contributed by atoms with Crippen LogP contribution in [0.5, 0.6) is 0 Å². The highest BCUT2D eigenvalue weighted by Crippen LogP contribution is 2.67. The van der Waals surface area contributed by atoms with E-state index >= 15 is 0 Å². The molecule has 1 heteroatoms. The lowest BCUT2D eigenvalue weighted by Gasteiger charge is -2.64. The normalized spacial score (nSPS) is 37.5. The van der Waals surface area contributed by atoms with Crippen LogP contribution in [0.4, 0.5) is 0 Å². The summed E-state index contributed by atoms with van der Waals surface area (Å²) < 4.78 is 0. The largest absolute Gasteiger partial charge is 0.277 e. The van der Waals surface area contributed by atoms with Crippen molar-refractivity contribution in [3.05, 3.63) is 71.8 Å². The molecule has 134 valence electrons. The zero-order chi connectivity index (χ0) is 17.8. The quantitative estimate of drug-likeness (QED) is 0.459. The number of rotatable bonds is 3. The second kappa shape index (κ2) is 5.55. The molecule has 2 aromatic rings. The number of benzene rings is 2. The fourth-order valence-electron chi connectivity index (χ4n) is 7.24. The molecule has 0 amide bonds.